The van der Waals surface area contributed by atoms with Crippen molar-refractivity contribution in [1.29, 1.82) is 0 Å². The second kappa shape index (κ2) is 6.18. The number of hydrogen-bond donors (Lipinski definition) is 1. The number of nitrogens with one attached hydrogen (secondary N) is 1. The molecule has 1 aliphatic rings. The van der Waals surface area contributed by atoms with Crippen molar-refractivity contribution in [3.05, 3.63) is 64.5 Å². The third kappa shape index (κ3) is 2.72. The quantitative estimate of drug-likeness (QED) is 0.713. The average molecular weight is 338 g/mol. The van der Waals surface area contributed by atoms with Gasteiger partial charge in [0.1, 0.15) is 23.0 Å². The fraction of sp³-hybridized carbons (Fsp3) is 0.278. The Hall–Kier alpha value is -2.93. The van der Waals surface area contributed by atoms with E-state index in [2.05, 4.69) is 10.3 Å². The average Bonchev–Trinajstić information content (AvgIpc) is 3.06. The molecule has 3 aromatic rings. The first-order chi connectivity index (χ1) is 12.1. The Balaban J connectivity index is 1.75. The van der Waals surface area contributed by atoms with Crippen LogP contribution in [0.3, 0.4) is 0 Å². The van der Waals surface area contributed by atoms with Gasteiger partial charge in [-0.1, -0.05) is 18.2 Å². The van der Waals surface area contributed by atoms with E-state index >= 15 is 0 Å². The maximum Gasteiger partial charge on any atom is 0.349 e. The molecule has 4 rings (SSSR count). The number of para-hydroxylation sites is 1. The van der Waals surface area contributed by atoms with Crippen LogP contribution in [0.2, 0.25) is 0 Å². The molecule has 7 nitrogen and oxygen atoms in total. The second-order valence-electron chi connectivity index (χ2n) is 6.10. The van der Waals surface area contributed by atoms with Gasteiger partial charge in [-0.15, -0.1) is 0 Å². The van der Waals surface area contributed by atoms with Gasteiger partial charge in [-0.2, -0.15) is 0 Å². The van der Waals surface area contributed by atoms with E-state index in [9.17, 15) is 9.59 Å². The van der Waals surface area contributed by atoms with Gasteiger partial charge in [0.05, 0.1) is 0 Å². The summed E-state index contributed by atoms with van der Waals surface area (Å²) < 4.78 is 7.20. The molecule has 0 radical (unpaired) electrons. The van der Waals surface area contributed by atoms with Crippen LogP contribution in [-0.4, -0.2) is 40.0 Å². The summed E-state index contributed by atoms with van der Waals surface area (Å²) in [7, 11) is 1.89. The number of amides is 1. The van der Waals surface area contributed by atoms with Crippen molar-refractivity contribution in [2.24, 2.45) is 7.05 Å². The highest BCUT2D eigenvalue weighted by atomic mass is 16.4. The van der Waals surface area contributed by atoms with E-state index in [4.69, 9.17) is 4.42 Å². The van der Waals surface area contributed by atoms with Crippen molar-refractivity contribution >= 4 is 16.9 Å². The Kier molecular flexibility index (Phi) is 3.85. The van der Waals surface area contributed by atoms with Gasteiger partial charge in [-0.25, -0.2) is 9.78 Å². The molecule has 1 aliphatic heterocycles. The third-order valence-corrected chi connectivity index (χ3v) is 4.53. The summed E-state index contributed by atoms with van der Waals surface area (Å²) in [6.45, 7) is 1.77. The molecule has 25 heavy (non-hydrogen) atoms. The van der Waals surface area contributed by atoms with Crippen molar-refractivity contribution in [3.63, 3.8) is 0 Å². The second-order valence-corrected chi connectivity index (χ2v) is 6.10. The first-order valence-corrected chi connectivity index (χ1v) is 8.17. The number of benzene rings is 1. The number of piperazine rings is 1. The van der Waals surface area contributed by atoms with Gasteiger partial charge in [0.25, 0.3) is 5.91 Å². The Bertz CT molecular complexity index is 991. The highest BCUT2D eigenvalue weighted by Gasteiger charge is 2.32. The van der Waals surface area contributed by atoms with E-state index in [-0.39, 0.29) is 17.5 Å². The summed E-state index contributed by atoms with van der Waals surface area (Å²) in [5, 5.41) is 4.01. The Morgan fingerprint density at radius 2 is 2.20 bits per heavy atom. The van der Waals surface area contributed by atoms with Gasteiger partial charge >= 0.3 is 5.63 Å². The number of aromatic nitrogens is 2. The molecule has 0 saturated carbocycles. The smallest absolute Gasteiger partial charge is 0.349 e. The maximum absolute atomic E-state index is 13.1. The minimum Gasteiger partial charge on any atom is -0.422 e. The van der Waals surface area contributed by atoms with E-state index in [0.717, 1.165) is 11.2 Å². The molecule has 0 aliphatic carbocycles. The molecule has 1 saturated heterocycles. The van der Waals surface area contributed by atoms with Gasteiger partial charge in [0.15, 0.2) is 0 Å². The van der Waals surface area contributed by atoms with Gasteiger partial charge < -0.3 is 19.2 Å². The number of rotatable bonds is 2. The number of carbonyl (C=O) groups is 1. The molecule has 1 unspecified atom stereocenters. The predicted octanol–water partition coefficient (Wildman–Crippen LogP) is 1.31. The monoisotopic (exact) mass is 338 g/mol. The Labute approximate surface area is 143 Å². The molecule has 1 N–H and O–H groups in total. The van der Waals surface area contributed by atoms with Crippen LogP contribution in [0, 0.1) is 0 Å². The minimum absolute atomic E-state index is 0.0554. The van der Waals surface area contributed by atoms with Crippen molar-refractivity contribution < 1.29 is 9.21 Å². The lowest BCUT2D eigenvalue weighted by Gasteiger charge is -2.35. The van der Waals surface area contributed by atoms with Crippen LogP contribution >= 0.6 is 0 Å². The summed E-state index contributed by atoms with van der Waals surface area (Å²) in [5.74, 6) is 0.458. The summed E-state index contributed by atoms with van der Waals surface area (Å²) in [5.41, 5.74) is -0.0781. The summed E-state index contributed by atoms with van der Waals surface area (Å²) in [6, 6.07) is 8.56. The summed E-state index contributed by atoms with van der Waals surface area (Å²) in [4.78, 5) is 31.5. The van der Waals surface area contributed by atoms with Crippen molar-refractivity contribution in [3.8, 4) is 0 Å². The topological polar surface area (TPSA) is 80.4 Å². The zero-order valence-corrected chi connectivity index (χ0v) is 13.8. The van der Waals surface area contributed by atoms with Crippen molar-refractivity contribution in [2.75, 3.05) is 19.6 Å². The van der Waals surface area contributed by atoms with Crippen molar-refractivity contribution in [1.82, 2.24) is 19.8 Å². The van der Waals surface area contributed by atoms with Crippen LogP contribution in [0.5, 0.6) is 0 Å². The minimum atomic E-state index is -0.610. The summed E-state index contributed by atoms with van der Waals surface area (Å²) in [6.07, 6.45) is 3.55. The Morgan fingerprint density at radius 1 is 1.36 bits per heavy atom. The molecule has 7 heteroatoms. The maximum atomic E-state index is 13.1. The number of imidazole rings is 1. The van der Waals surface area contributed by atoms with Crippen LogP contribution in [0.25, 0.3) is 11.0 Å². The largest absolute Gasteiger partial charge is 0.422 e. The zero-order chi connectivity index (χ0) is 17.4. The molecule has 1 atom stereocenters. The number of carbonyl (C=O) groups excluding carboxylic acids is 1. The van der Waals surface area contributed by atoms with E-state index in [0.29, 0.717) is 25.2 Å². The lowest BCUT2D eigenvalue weighted by Crippen LogP contribution is -2.50. The number of nitrogens with zero attached hydrogens (tertiary/aromatic N) is 3. The number of fused-ring (bicyclic) bond motifs is 1. The predicted molar refractivity (Wildman–Crippen MR) is 92.3 cm³/mol. The molecule has 1 fully saturated rings. The first kappa shape index (κ1) is 15.6. The van der Waals surface area contributed by atoms with Gasteiger partial charge in [0.2, 0.25) is 0 Å². The molecule has 2 aromatic heterocycles. The standard InChI is InChI=1S/C18H18N4O3/c1-21-8-7-20-16(21)14-11-19-6-9-22(14)17(23)13-10-12-4-2-3-5-15(12)25-18(13)24/h2-5,7-8,10,14,19H,6,9,11H2,1H3. The van der Waals surface area contributed by atoms with E-state index in [1.54, 1.807) is 29.3 Å². The molecular weight excluding hydrogens is 320 g/mol. The van der Waals surface area contributed by atoms with Crippen LogP contribution in [-0.2, 0) is 7.05 Å². The van der Waals surface area contributed by atoms with Crippen LogP contribution in [0.4, 0.5) is 0 Å². The number of aryl methyl sites for hydroxylation is 1. The molecule has 0 spiro atoms. The normalized spacial score (nSPS) is 17.8. The van der Waals surface area contributed by atoms with Gasteiger partial charge in [-0.05, 0) is 12.1 Å². The van der Waals surface area contributed by atoms with Crippen molar-refractivity contribution in [2.45, 2.75) is 6.04 Å². The molecular formula is C18H18N4O3. The summed E-state index contributed by atoms with van der Waals surface area (Å²) >= 11 is 0. The first-order valence-electron chi connectivity index (χ1n) is 8.17. The molecule has 128 valence electrons. The lowest BCUT2D eigenvalue weighted by molar-refractivity contribution is 0.0616. The van der Waals surface area contributed by atoms with E-state index < -0.39 is 5.63 Å². The fourth-order valence-corrected chi connectivity index (χ4v) is 3.24. The highest BCUT2D eigenvalue weighted by Crippen LogP contribution is 2.23. The number of hydrogen-bond acceptors (Lipinski definition) is 5. The molecule has 1 amide bonds. The Morgan fingerprint density at radius 3 is 3.00 bits per heavy atom. The van der Waals surface area contributed by atoms with Crippen LogP contribution in [0.1, 0.15) is 22.2 Å². The molecule has 1 aromatic carbocycles. The molecule has 3 heterocycles. The zero-order valence-electron chi connectivity index (χ0n) is 13.8. The van der Waals surface area contributed by atoms with Gasteiger partial charge in [-0.3, -0.25) is 4.79 Å². The van der Waals surface area contributed by atoms with E-state index in [1.807, 2.05) is 29.9 Å². The fourth-order valence-electron chi connectivity index (χ4n) is 3.24. The SMILES string of the molecule is Cn1ccnc1C1CNCCN1C(=O)c1cc2ccccc2oc1=O. The molecule has 0 bridgehead atoms. The highest BCUT2D eigenvalue weighted by molar-refractivity contribution is 5.96. The lowest BCUT2D eigenvalue weighted by atomic mass is 10.1. The van der Waals surface area contributed by atoms with Crippen LogP contribution in [0.15, 0.2) is 51.9 Å². The van der Waals surface area contributed by atoms with E-state index in [1.165, 1.54) is 0 Å². The van der Waals surface area contributed by atoms with Gasteiger partial charge in [0, 0.05) is 44.5 Å². The third-order valence-electron chi connectivity index (χ3n) is 4.53. The van der Waals surface area contributed by atoms with Crippen LogP contribution < -0.4 is 10.9 Å².